The monoisotopic (exact) mass is 461 g/mol. The van der Waals surface area contributed by atoms with Gasteiger partial charge in [-0.15, -0.1) is 0 Å². The van der Waals surface area contributed by atoms with Crippen molar-refractivity contribution < 1.29 is 23.9 Å². The fourth-order valence-electron chi connectivity index (χ4n) is 3.03. The van der Waals surface area contributed by atoms with E-state index in [1.807, 2.05) is 78.9 Å². The smallest absolute Gasteiger partial charge is 0.408 e. The quantitative estimate of drug-likeness (QED) is 0.425. The average molecular weight is 462 g/mol. The van der Waals surface area contributed by atoms with E-state index in [-0.39, 0.29) is 13.2 Å². The Balaban J connectivity index is 1.39. The zero-order chi connectivity index (χ0) is 24.2. The Hall–Kier alpha value is -4.33. The summed E-state index contributed by atoms with van der Waals surface area (Å²) in [4.78, 5) is 36.2. The van der Waals surface area contributed by atoms with Crippen LogP contribution in [0, 0.1) is 0 Å². The number of para-hydroxylation sites is 1. The molecule has 0 fully saturated rings. The Kier molecular flexibility index (Phi) is 9.04. The molecule has 0 heterocycles. The molecule has 0 unspecified atom stereocenters. The number of hydrogen-bond donors (Lipinski definition) is 3. The van der Waals surface area contributed by atoms with E-state index in [9.17, 15) is 14.4 Å². The second kappa shape index (κ2) is 12.6. The van der Waals surface area contributed by atoms with E-state index in [1.54, 1.807) is 6.07 Å². The number of nitrogens with one attached hydrogen (secondary N) is 3. The van der Waals surface area contributed by atoms with Crippen LogP contribution >= 0.6 is 0 Å². The number of carbonyl (C=O) groups is 3. The lowest BCUT2D eigenvalue weighted by molar-refractivity contribution is -0.130. The molecule has 3 aromatic carbocycles. The van der Waals surface area contributed by atoms with Gasteiger partial charge in [0.2, 0.25) is 0 Å². The number of amides is 3. The maximum atomic E-state index is 12.2. The Morgan fingerprint density at radius 2 is 1.41 bits per heavy atom. The molecule has 3 N–H and O–H groups in total. The van der Waals surface area contributed by atoms with Gasteiger partial charge in [-0.3, -0.25) is 20.4 Å². The van der Waals surface area contributed by atoms with Gasteiger partial charge in [0.1, 0.15) is 18.4 Å². The molecule has 0 aliphatic heterocycles. The van der Waals surface area contributed by atoms with E-state index < -0.39 is 23.9 Å². The maximum Gasteiger partial charge on any atom is 0.408 e. The summed E-state index contributed by atoms with van der Waals surface area (Å²) in [6.07, 6.45) is -0.0740. The van der Waals surface area contributed by atoms with Crippen molar-refractivity contribution in [2.24, 2.45) is 0 Å². The van der Waals surface area contributed by atoms with E-state index in [2.05, 4.69) is 16.2 Å². The van der Waals surface area contributed by atoms with E-state index >= 15 is 0 Å². The molecule has 0 bridgehead atoms. The van der Waals surface area contributed by atoms with Gasteiger partial charge in [-0.1, -0.05) is 78.9 Å². The van der Waals surface area contributed by atoms with Crippen molar-refractivity contribution in [3.8, 4) is 5.75 Å². The SMILES string of the molecule is C[C@H](NC(=O)OCc1ccccc1)C(=O)NNC(=O)COc1ccccc1Cc1ccccc1. The summed E-state index contributed by atoms with van der Waals surface area (Å²) < 4.78 is 10.7. The standard InChI is InChI=1S/C26H27N3O5/c1-19(27-26(32)34-17-21-12-6-3-7-13-21)25(31)29-28-24(30)18-33-23-15-9-8-14-22(23)16-20-10-4-2-5-11-20/h2-15,19H,16-18H2,1H3,(H,27,32)(H,28,30)(H,29,31)/t19-/m0/s1. The molecule has 3 amide bonds. The first-order chi connectivity index (χ1) is 16.5. The third-order valence-electron chi connectivity index (χ3n) is 4.83. The average Bonchev–Trinajstić information content (AvgIpc) is 2.86. The number of carbonyl (C=O) groups excluding carboxylic acids is 3. The summed E-state index contributed by atoms with van der Waals surface area (Å²) in [5.74, 6) is -0.555. The summed E-state index contributed by atoms with van der Waals surface area (Å²) in [5.41, 5.74) is 7.43. The van der Waals surface area contributed by atoms with Crippen molar-refractivity contribution >= 4 is 17.9 Å². The zero-order valence-corrected chi connectivity index (χ0v) is 18.8. The molecule has 3 rings (SSSR count). The molecule has 0 radical (unpaired) electrons. The second-order valence-electron chi connectivity index (χ2n) is 7.52. The van der Waals surface area contributed by atoms with E-state index in [1.165, 1.54) is 6.92 Å². The first-order valence-electron chi connectivity index (χ1n) is 10.8. The van der Waals surface area contributed by atoms with Crippen LogP contribution in [0.3, 0.4) is 0 Å². The van der Waals surface area contributed by atoms with Crippen LogP contribution in [-0.4, -0.2) is 30.6 Å². The van der Waals surface area contributed by atoms with Gasteiger partial charge >= 0.3 is 6.09 Å². The van der Waals surface area contributed by atoms with Crippen molar-refractivity contribution in [3.63, 3.8) is 0 Å². The molecule has 34 heavy (non-hydrogen) atoms. The summed E-state index contributed by atoms with van der Waals surface area (Å²) in [6, 6.07) is 25.6. The molecule has 176 valence electrons. The zero-order valence-electron chi connectivity index (χ0n) is 18.8. The van der Waals surface area contributed by atoms with Crippen molar-refractivity contribution in [2.45, 2.75) is 26.0 Å². The molecule has 8 heteroatoms. The van der Waals surface area contributed by atoms with E-state index in [0.29, 0.717) is 12.2 Å². The molecule has 0 aliphatic carbocycles. The summed E-state index contributed by atoms with van der Waals surface area (Å²) >= 11 is 0. The van der Waals surface area contributed by atoms with Gasteiger partial charge in [0.25, 0.3) is 11.8 Å². The first-order valence-corrected chi connectivity index (χ1v) is 10.8. The van der Waals surface area contributed by atoms with Crippen LogP contribution in [0.4, 0.5) is 4.79 Å². The normalized spacial score (nSPS) is 11.1. The molecule has 0 aromatic heterocycles. The molecule has 0 aliphatic rings. The van der Waals surface area contributed by atoms with Gasteiger partial charge < -0.3 is 14.8 Å². The number of hydrogen-bond acceptors (Lipinski definition) is 5. The molecule has 0 saturated heterocycles. The largest absolute Gasteiger partial charge is 0.483 e. The number of benzene rings is 3. The highest BCUT2D eigenvalue weighted by Gasteiger charge is 2.17. The van der Waals surface area contributed by atoms with Gasteiger partial charge in [0, 0.05) is 6.42 Å². The number of ether oxygens (including phenoxy) is 2. The van der Waals surface area contributed by atoms with Crippen molar-refractivity contribution in [1.82, 2.24) is 16.2 Å². The third-order valence-corrected chi connectivity index (χ3v) is 4.83. The predicted octanol–water partition coefficient (Wildman–Crippen LogP) is 3.12. The molecule has 0 spiro atoms. The second-order valence-corrected chi connectivity index (χ2v) is 7.52. The Bertz CT molecular complexity index is 1090. The Morgan fingerprint density at radius 3 is 2.12 bits per heavy atom. The molecule has 0 saturated carbocycles. The molecular formula is C26H27N3O5. The first kappa shape index (κ1) is 24.3. The third kappa shape index (κ3) is 7.98. The van der Waals surface area contributed by atoms with Gasteiger partial charge in [0.05, 0.1) is 0 Å². The lowest BCUT2D eigenvalue weighted by atomic mass is 10.0. The van der Waals surface area contributed by atoms with Gasteiger partial charge in [0.15, 0.2) is 6.61 Å². The Labute approximate surface area is 198 Å². The molecule has 1 atom stereocenters. The van der Waals surface area contributed by atoms with Crippen LogP contribution in [0.25, 0.3) is 0 Å². The van der Waals surface area contributed by atoms with E-state index in [4.69, 9.17) is 9.47 Å². The van der Waals surface area contributed by atoms with Crippen LogP contribution in [-0.2, 0) is 27.4 Å². The highest BCUT2D eigenvalue weighted by molar-refractivity contribution is 5.87. The maximum absolute atomic E-state index is 12.2. The minimum Gasteiger partial charge on any atom is -0.483 e. The lowest BCUT2D eigenvalue weighted by Gasteiger charge is -2.15. The van der Waals surface area contributed by atoms with Crippen LogP contribution in [0.15, 0.2) is 84.9 Å². The summed E-state index contributed by atoms with van der Waals surface area (Å²) in [5, 5.41) is 2.41. The summed E-state index contributed by atoms with van der Waals surface area (Å²) in [6.45, 7) is 1.27. The van der Waals surface area contributed by atoms with Crippen LogP contribution in [0.2, 0.25) is 0 Å². The Morgan fingerprint density at radius 1 is 0.794 bits per heavy atom. The van der Waals surface area contributed by atoms with Gasteiger partial charge in [-0.05, 0) is 29.7 Å². The number of rotatable bonds is 9. The molecule has 3 aromatic rings. The van der Waals surface area contributed by atoms with Gasteiger partial charge in [-0.25, -0.2) is 4.79 Å². The van der Waals surface area contributed by atoms with Gasteiger partial charge in [-0.2, -0.15) is 0 Å². The van der Waals surface area contributed by atoms with Crippen LogP contribution < -0.4 is 20.9 Å². The number of hydrazine groups is 1. The van der Waals surface area contributed by atoms with Crippen LogP contribution in [0.5, 0.6) is 5.75 Å². The lowest BCUT2D eigenvalue weighted by Crippen LogP contribution is -2.52. The van der Waals surface area contributed by atoms with Crippen molar-refractivity contribution in [2.75, 3.05) is 6.61 Å². The minimum atomic E-state index is -0.920. The van der Waals surface area contributed by atoms with Crippen molar-refractivity contribution in [3.05, 3.63) is 102 Å². The topological polar surface area (TPSA) is 106 Å². The fourth-order valence-corrected chi connectivity index (χ4v) is 3.03. The minimum absolute atomic E-state index is 0.0842. The highest BCUT2D eigenvalue weighted by Crippen LogP contribution is 2.21. The molecular weight excluding hydrogens is 434 g/mol. The van der Waals surface area contributed by atoms with Crippen molar-refractivity contribution in [1.29, 1.82) is 0 Å². The summed E-state index contributed by atoms with van der Waals surface area (Å²) in [7, 11) is 0. The van der Waals surface area contributed by atoms with E-state index in [0.717, 1.165) is 16.7 Å². The fraction of sp³-hybridized carbons (Fsp3) is 0.192. The predicted molar refractivity (Wildman–Crippen MR) is 127 cm³/mol. The highest BCUT2D eigenvalue weighted by atomic mass is 16.5. The van der Waals surface area contributed by atoms with Crippen LogP contribution in [0.1, 0.15) is 23.6 Å². The molecule has 8 nitrogen and oxygen atoms in total. The number of alkyl carbamates (subject to hydrolysis) is 1.